The highest BCUT2D eigenvalue weighted by Gasteiger charge is 2.23. The molecular weight excluding hydrogens is 309 g/mol. The minimum atomic E-state index is -3.98. The van der Waals surface area contributed by atoms with Crippen LogP contribution in [-0.2, 0) is 22.0 Å². The Bertz CT molecular complexity index is 779. The molecule has 1 aromatic carbocycles. The van der Waals surface area contributed by atoms with E-state index in [1.54, 1.807) is 6.92 Å². The number of halogens is 1. The van der Waals surface area contributed by atoms with Crippen LogP contribution in [0.2, 0.25) is 0 Å². The number of nitrogens with one attached hydrogen (secondary N) is 1. The van der Waals surface area contributed by atoms with Gasteiger partial charge in [-0.1, -0.05) is 32.0 Å². The standard InChI is InChI=1S/C14H18FN3O3S/c1-9-5-6-10(15)11(7-9)22(19,20)16-8-12-17-13(21-18-12)14(2,3)4/h5-7,16H,8H2,1-4H3. The van der Waals surface area contributed by atoms with Crippen LogP contribution < -0.4 is 4.72 Å². The number of aryl methyl sites for hydroxylation is 1. The highest BCUT2D eigenvalue weighted by Crippen LogP contribution is 2.20. The predicted octanol–water partition coefficient (Wildman–Crippen LogP) is 2.29. The first-order chi connectivity index (χ1) is 10.1. The van der Waals surface area contributed by atoms with Gasteiger partial charge < -0.3 is 4.52 Å². The van der Waals surface area contributed by atoms with Crippen molar-refractivity contribution in [1.29, 1.82) is 0 Å². The summed E-state index contributed by atoms with van der Waals surface area (Å²) in [5, 5.41) is 3.71. The average molecular weight is 327 g/mol. The molecule has 1 N–H and O–H groups in total. The fraction of sp³-hybridized carbons (Fsp3) is 0.429. The van der Waals surface area contributed by atoms with E-state index in [0.717, 1.165) is 6.07 Å². The van der Waals surface area contributed by atoms with E-state index >= 15 is 0 Å². The number of hydrogen-bond donors (Lipinski definition) is 1. The minimum absolute atomic E-state index is 0.171. The average Bonchev–Trinajstić information content (AvgIpc) is 2.88. The third-order valence-corrected chi connectivity index (χ3v) is 4.32. The zero-order valence-corrected chi connectivity index (χ0v) is 13.7. The summed E-state index contributed by atoms with van der Waals surface area (Å²) < 4.78 is 45.3. The second-order valence-corrected chi connectivity index (χ2v) is 7.76. The largest absolute Gasteiger partial charge is 0.339 e. The molecule has 0 radical (unpaired) electrons. The molecule has 120 valence electrons. The van der Waals surface area contributed by atoms with Gasteiger partial charge in [0.15, 0.2) is 5.82 Å². The highest BCUT2D eigenvalue weighted by atomic mass is 32.2. The van der Waals surface area contributed by atoms with Crippen molar-refractivity contribution in [3.63, 3.8) is 0 Å². The van der Waals surface area contributed by atoms with Crippen LogP contribution in [0.25, 0.3) is 0 Å². The Morgan fingerprint density at radius 1 is 1.32 bits per heavy atom. The van der Waals surface area contributed by atoms with Gasteiger partial charge in [-0.05, 0) is 24.6 Å². The number of aromatic nitrogens is 2. The normalized spacial score (nSPS) is 12.6. The van der Waals surface area contributed by atoms with Crippen LogP contribution in [-0.4, -0.2) is 18.6 Å². The first kappa shape index (κ1) is 16.6. The van der Waals surface area contributed by atoms with Crippen LogP contribution >= 0.6 is 0 Å². The van der Waals surface area contributed by atoms with E-state index in [2.05, 4.69) is 14.9 Å². The van der Waals surface area contributed by atoms with Crippen molar-refractivity contribution < 1.29 is 17.3 Å². The Kier molecular flexibility index (Phi) is 4.35. The van der Waals surface area contributed by atoms with E-state index in [4.69, 9.17) is 4.52 Å². The van der Waals surface area contributed by atoms with Gasteiger partial charge in [-0.25, -0.2) is 17.5 Å². The summed E-state index contributed by atoms with van der Waals surface area (Å²) in [5.74, 6) is -0.202. The Labute approximate surface area is 128 Å². The molecule has 2 aromatic rings. The molecule has 22 heavy (non-hydrogen) atoms. The molecule has 0 spiro atoms. The Morgan fingerprint density at radius 2 is 2.00 bits per heavy atom. The first-order valence-electron chi connectivity index (χ1n) is 6.68. The molecule has 8 heteroatoms. The second-order valence-electron chi connectivity index (χ2n) is 6.02. The lowest BCUT2D eigenvalue weighted by Gasteiger charge is -2.10. The fourth-order valence-corrected chi connectivity index (χ4v) is 2.82. The van der Waals surface area contributed by atoms with Crippen molar-refractivity contribution in [2.24, 2.45) is 0 Å². The Hall–Kier alpha value is -1.80. The van der Waals surface area contributed by atoms with E-state index in [-0.39, 0.29) is 17.8 Å². The van der Waals surface area contributed by atoms with Gasteiger partial charge in [-0.15, -0.1) is 0 Å². The van der Waals surface area contributed by atoms with E-state index in [1.807, 2.05) is 20.8 Å². The van der Waals surface area contributed by atoms with E-state index < -0.39 is 20.7 Å². The van der Waals surface area contributed by atoms with Crippen LogP contribution in [0, 0.1) is 12.7 Å². The van der Waals surface area contributed by atoms with Crippen molar-refractivity contribution in [1.82, 2.24) is 14.9 Å². The summed E-state index contributed by atoms with van der Waals surface area (Å²) in [5.41, 5.74) is 0.323. The number of rotatable bonds is 4. The number of hydrogen-bond acceptors (Lipinski definition) is 5. The van der Waals surface area contributed by atoms with Crippen LogP contribution in [0.4, 0.5) is 4.39 Å². The second kappa shape index (κ2) is 5.77. The lowest BCUT2D eigenvalue weighted by molar-refractivity contribution is 0.318. The van der Waals surface area contributed by atoms with Gasteiger partial charge in [0.1, 0.15) is 10.7 Å². The highest BCUT2D eigenvalue weighted by molar-refractivity contribution is 7.89. The third kappa shape index (κ3) is 3.69. The fourth-order valence-electron chi connectivity index (χ4n) is 1.68. The molecule has 0 aliphatic rings. The third-order valence-electron chi connectivity index (χ3n) is 2.91. The van der Waals surface area contributed by atoms with Gasteiger partial charge in [0, 0.05) is 5.41 Å². The molecular formula is C14H18FN3O3S. The summed E-state index contributed by atoms with van der Waals surface area (Å²) >= 11 is 0. The molecule has 0 saturated carbocycles. The van der Waals surface area contributed by atoms with Crippen molar-refractivity contribution in [3.05, 3.63) is 41.3 Å². The Morgan fingerprint density at radius 3 is 2.59 bits per heavy atom. The predicted molar refractivity (Wildman–Crippen MR) is 78.2 cm³/mol. The van der Waals surface area contributed by atoms with Crippen molar-refractivity contribution >= 4 is 10.0 Å². The monoisotopic (exact) mass is 327 g/mol. The SMILES string of the molecule is Cc1ccc(F)c(S(=O)(=O)NCc2noc(C(C)(C)C)n2)c1. The molecule has 0 fully saturated rings. The van der Waals surface area contributed by atoms with Crippen LogP contribution in [0.5, 0.6) is 0 Å². The van der Waals surface area contributed by atoms with Crippen LogP contribution in [0.3, 0.4) is 0 Å². The molecule has 1 heterocycles. The number of benzene rings is 1. The van der Waals surface area contributed by atoms with Gasteiger partial charge in [0.2, 0.25) is 15.9 Å². The maximum Gasteiger partial charge on any atom is 0.243 e. The summed E-state index contributed by atoms with van der Waals surface area (Å²) in [6.07, 6.45) is 0. The summed E-state index contributed by atoms with van der Waals surface area (Å²) in [4.78, 5) is 3.72. The quantitative estimate of drug-likeness (QED) is 0.931. The molecule has 0 amide bonds. The van der Waals surface area contributed by atoms with Crippen LogP contribution in [0.1, 0.15) is 38.0 Å². The molecule has 0 atom stereocenters. The van der Waals surface area contributed by atoms with Gasteiger partial charge in [-0.3, -0.25) is 0 Å². The minimum Gasteiger partial charge on any atom is -0.339 e. The summed E-state index contributed by atoms with van der Waals surface area (Å²) in [6, 6.07) is 3.90. The van der Waals surface area contributed by atoms with Crippen LogP contribution in [0.15, 0.2) is 27.6 Å². The topological polar surface area (TPSA) is 85.1 Å². The molecule has 0 unspecified atom stereocenters. The molecule has 0 saturated heterocycles. The molecule has 1 aromatic heterocycles. The lowest BCUT2D eigenvalue weighted by atomic mass is 9.97. The number of nitrogens with zero attached hydrogens (tertiary/aromatic N) is 2. The maximum absolute atomic E-state index is 13.7. The molecule has 0 aliphatic carbocycles. The van der Waals surface area contributed by atoms with Gasteiger partial charge in [0.05, 0.1) is 6.54 Å². The van der Waals surface area contributed by atoms with Gasteiger partial charge in [-0.2, -0.15) is 4.98 Å². The number of sulfonamides is 1. The lowest BCUT2D eigenvalue weighted by Crippen LogP contribution is -2.25. The van der Waals surface area contributed by atoms with Crippen molar-refractivity contribution in [3.8, 4) is 0 Å². The van der Waals surface area contributed by atoms with E-state index in [9.17, 15) is 12.8 Å². The van der Waals surface area contributed by atoms with E-state index in [0.29, 0.717) is 11.5 Å². The van der Waals surface area contributed by atoms with Gasteiger partial charge >= 0.3 is 0 Å². The summed E-state index contributed by atoms with van der Waals surface area (Å²) in [6.45, 7) is 7.21. The smallest absolute Gasteiger partial charge is 0.243 e. The molecule has 2 rings (SSSR count). The first-order valence-corrected chi connectivity index (χ1v) is 8.17. The van der Waals surface area contributed by atoms with Gasteiger partial charge in [0.25, 0.3) is 0 Å². The molecule has 0 aliphatic heterocycles. The molecule has 0 bridgehead atoms. The zero-order valence-electron chi connectivity index (χ0n) is 12.8. The molecule has 6 nitrogen and oxygen atoms in total. The van der Waals surface area contributed by atoms with E-state index in [1.165, 1.54) is 12.1 Å². The zero-order chi connectivity index (χ0) is 16.5. The summed E-state index contributed by atoms with van der Waals surface area (Å²) in [7, 11) is -3.98. The maximum atomic E-state index is 13.7. The van der Waals surface area contributed by atoms with Crippen molar-refractivity contribution in [2.45, 2.75) is 44.6 Å². The Balaban J connectivity index is 2.16. The van der Waals surface area contributed by atoms with Crippen molar-refractivity contribution in [2.75, 3.05) is 0 Å².